The molecule has 94 valence electrons. The molecular weight excluding hydrogens is 290 g/mol. The number of rotatable bonds is 5. The summed E-state index contributed by atoms with van der Waals surface area (Å²) in [5, 5.41) is 0. The molecule has 2 N–H and O–H groups in total. The lowest BCUT2D eigenvalue weighted by atomic mass is 10.1. The fourth-order valence-electron chi connectivity index (χ4n) is 1.79. The van der Waals surface area contributed by atoms with Gasteiger partial charge in [0, 0.05) is 10.9 Å². The Morgan fingerprint density at radius 1 is 1.00 bits per heavy atom. The van der Waals surface area contributed by atoms with Gasteiger partial charge < -0.3 is 10.5 Å². The maximum atomic E-state index is 5.99. The zero-order valence-corrected chi connectivity index (χ0v) is 11.6. The van der Waals surface area contributed by atoms with Crippen LogP contribution in [0.1, 0.15) is 18.1 Å². The molecule has 0 spiro atoms. The van der Waals surface area contributed by atoms with Gasteiger partial charge in [0.1, 0.15) is 11.9 Å². The lowest BCUT2D eigenvalue weighted by molar-refractivity contribution is 0.198. The molecule has 2 aromatic carbocycles. The van der Waals surface area contributed by atoms with Gasteiger partial charge in [0.05, 0.1) is 0 Å². The largest absolute Gasteiger partial charge is 0.486 e. The smallest absolute Gasteiger partial charge is 0.125 e. The molecule has 0 aliphatic heterocycles. The van der Waals surface area contributed by atoms with Crippen molar-refractivity contribution in [1.29, 1.82) is 0 Å². The van der Waals surface area contributed by atoms with Crippen molar-refractivity contribution in [3.8, 4) is 5.75 Å². The molecular formula is C15H16BrNO. The minimum absolute atomic E-state index is 0.00509. The van der Waals surface area contributed by atoms with Crippen LogP contribution in [-0.4, -0.2) is 6.54 Å². The average Bonchev–Trinajstić information content (AvgIpc) is 2.40. The number of hydrogen-bond acceptors (Lipinski definition) is 2. The van der Waals surface area contributed by atoms with E-state index < -0.39 is 0 Å². The zero-order chi connectivity index (χ0) is 12.8. The topological polar surface area (TPSA) is 35.2 Å². The quantitative estimate of drug-likeness (QED) is 0.908. The first kappa shape index (κ1) is 13.1. The van der Waals surface area contributed by atoms with E-state index in [-0.39, 0.29) is 6.10 Å². The first-order valence-corrected chi connectivity index (χ1v) is 6.76. The van der Waals surface area contributed by atoms with Crippen LogP contribution in [-0.2, 0) is 0 Å². The molecule has 0 fully saturated rings. The number of halogens is 1. The van der Waals surface area contributed by atoms with Crippen LogP contribution >= 0.6 is 15.9 Å². The van der Waals surface area contributed by atoms with Gasteiger partial charge in [-0.05, 0) is 36.4 Å². The van der Waals surface area contributed by atoms with E-state index in [1.165, 1.54) is 0 Å². The van der Waals surface area contributed by atoms with Crippen LogP contribution in [0.3, 0.4) is 0 Å². The molecule has 1 atom stereocenters. The van der Waals surface area contributed by atoms with E-state index in [2.05, 4.69) is 28.1 Å². The predicted octanol–water partition coefficient (Wildman–Crippen LogP) is 3.92. The molecule has 2 nitrogen and oxygen atoms in total. The Bertz CT molecular complexity index is 470. The molecule has 2 rings (SSSR count). The number of nitrogens with two attached hydrogens (primary N) is 1. The molecule has 0 radical (unpaired) electrons. The van der Waals surface area contributed by atoms with Crippen LogP contribution in [0.5, 0.6) is 5.75 Å². The molecule has 0 aromatic heterocycles. The van der Waals surface area contributed by atoms with Crippen LogP contribution in [0.2, 0.25) is 0 Å². The highest BCUT2D eigenvalue weighted by Crippen LogP contribution is 2.25. The summed E-state index contributed by atoms with van der Waals surface area (Å²) in [6.07, 6.45) is 0.807. The third kappa shape index (κ3) is 3.59. The Morgan fingerprint density at radius 3 is 2.28 bits per heavy atom. The van der Waals surface area contributed by atoms with Crippen LogP contribution in [0.25, 0.3) is 0 Å². The van der Waals surface area contributed by atoms with Gasteiger partial charge in [-0.1, -0.05) is 46.3 Å². The summed E-state index contributed by atoms with van der Waals surface area (Å²) in [6, 6.07) is 18.0. The maximum absolute atomic E-state index is 5.99. The van der Waals surface area contributed by atoms with E-state index in [9.17, 15) is 0 Å². The van der Waals surface area contributed by atoms with Gasteiger partial charge in [0.15, 0.2) is 0 Å². The molecule has 0 amide bonds. The molecule has 0 saturated carbocycles. The van der Waals surface area contributed by atoms with Gasteiger partial charge in [-0.15, -0.1) is 0 Å². The van der Waals surface area contributed by atoms with Gasteiger partial charge in [0.2, 0.25) is 0 Å². The van der Waals surface area contributed by atoms with Crippen molar-refractivity contribution in [3.63, 3.8) is 0 Å². The minimum atomic E-state index is 0.00509. The van der Waals surface area contributed by atoms with Gasteiger partial charge in [-0.2, -0.15) is 0 Å². The Kier molecular flexibility index (Phi) is 4.79. The van der Waals surface area contributed by atoms with Crippen LogP contribution in [0.4, 0.5) is 0 Å². The number of ether oxygens (including phenoxy) is 1. The van der Waals surface area contributed by atoms with E-state index in [0.717, 1.165) is 22.2 Å². The number of hydrogen-bond donors (Lipinski definition) is 1. The number of benzene rings is 2. The summed E-state index contributed by atoms with van der Waals surface area (Å²) in [7, 11) is 0. The second kappa shape index (κ2) is 6.57. The van der Waals surface area contributed by atoms with Crippen molar-refractivity contribution in [2.45, 2.75) is 12.5 Å². The number of para-hydroxylation sites is 1. The average molecular weight is 306 g/mol. The van der Waals surface area contributed by atoms with Crippen LogP contribution < -0.4 is 10.5 Å². The fourth-order valence-corrected chi connectivity index (χ4v) is 2.05. The Labute approximate surface area is 116 Å². The molecule has 0 saturated heterocycles. The lowest BCUT2D eigenvalue weighted by Crippen LogP contribution is -2.13. The van der Waals surface area contributed by atoms with Crippen molar-refractivity contribution in [2.75, 3.05) is 6.54 Å². The highest BCUT2D eigenvalue weighted by atomic mass is 79.9. The molecule has 2 aromatic rings. The van der Waals surface area contributed by atoms with Gasteiger partial charge in [0.25, 0.3) is 0 Å². The monoisotopic (exact) mass is 305 g/mol. The maximum Gasteiger partial charge on any atom is 0.125 e. The fraction of sp³-hybridized carbons (Fsp3) is 0.200. The Balaban J connectivity index is 2.15. The van der Waals surface area contributed by atoms with Gasteiger partial charge >= 0.3 is 0 Å². The second-order valence-electron chi connectivity index (χ2n) is 4.05. The minimum Gasteiger partial charge on any atom is -0.486 e. The van der Waals surface area contributed by atoms with Gasteiger partial charge in [-0.3, -0.25) is 0 Å². The van der Waals surface area contributed by atoms with Gasteiger partial charge in [-0.25, -0.2) is 0 Å². The summed E-state index contributed by atoms with van der Waals surface area (Å²) >= 11 is 3.43. The molecule has 0 bridgehead atoms. The van der Waals surface area contributed by atoms with E-state index in [4.69, 9.17) is 10.5 Å². The molecule has 0 aliphatic rings. The molecule has 0 heterocycles. The summed E-state index contributed by atoms with van der Waals surface area (Å²) in [4.78, 5) is 0. The third-order valence-electron chi connectivity index (χ3n) is 2.69. The van der Waals surface area contributed by atoms with Crippen molar-refractivity contribution in [3.05, 3.63) is 64.6 Å². The zero-order valence-electron chi connectivity index (χ0n) is 10.1. The Morgan fingerprint density at radius 2 is 1.67 bits per heavy atom. The van der Waals surface area contributed by atoms with E-state index >= 15 is 0 Å². The molecule has 18 heavy (non-hydrogen) atoms. The summed E-state index contributed by atoms with van der Waals surface area (Å²) in [6.45, 7) is 0.605. The summed E-state index contributed by atoms with van der Waals surface area (Å²) in [5.74, 6) is 0.874. The highest BCUT2D eigenvalue weighted by Gasteiger charge is 2.12. The van der Waals surface area contributed by atoms with Crippen LogP contribution in [0, 0.1) is 0 Å². The molecule has 0 aliphatic carbocycles. The van der Waals surface area contributed by atoms with Crippen molar-refractivity contribution in [2.24, 2.45) is 5.73 Å². The van der Waals surface area contributed by atoms with Crippen molar-refractivity contribution in [1.82, 2.24) is 0 Å². The normalized spacial score (nSPS) is 12.1. The SMILES string of the molecule is NCCC(Oc1ccccc1)c1ccc(Br)cc1. The highest BCUT2D eigenvalue weighted by molar-refractivity contribution is 9.10. The third-order valence-corrected chi connectivity index (χ3v) is 3.22. The first-order chi connectivity index (χ1) is 8.79. The summed E-state index contributed by atoms with van der Waals surface area (Å²) < 4.78 is 7.05. The predicted molar refractivity (Wildman–Crippen MR) is 77.6 cm³/mol. The van der Waals surface area contributed by atoms with Crippen molar-refractivity contribution >= 4 is 15.9 Å². The molecule has 3 heteroatoms. The van der Waals surface area contributed by atoms with Crippen LogP contribution in [0.15, 0.2) is 59.1 Å². The standard InChI is InChI=1S/C15H16BrNO/c16-13-8-6-12(7-9-13)15(10-11-17)18-14-4-2-1-3-5-14/h1-9,15H,10-11,17H2. The second-order valence-corrected chi connectivity index (χ2v) is 4.96. The van der Waals surface area contributed by atoms with E-state index in [1.807, 2.05) is 42.5 Å². The van der Waals surface area contributed by atoms with E-state index in [0.29, 0.717) is 6.54 Å². The first-order valence-electron chi connectivity index (χ1n) is 5.97. The molecule has 1 unspecified atom stereocenters. The Hall–Kier alpha value is -1.32. The van der Waals surface area contributed by atoms with Crippen molar-refractivity contribution < 1.29 is 4.74 Å². The lowest BCUT2D eigenvalue weighted by Gasteiger charge is -2.19. The summed E-state index contributed by atoms with van der Waals surface area (Å²) in [5.41, 5.74) is 6.81. The van der Waals surface area contributed by atoms with E-state index in [1.54, 1.807) is 0 Å².